The Hall–Kier alpha value is -0.870. The maximum absolute atomic E-state index is 2.46. The molecule has 1 heterocycles. The van der Waals surface area contributed by atoms with Crippen molar-refractivity contribution in [2.24, 2.45) is 0 Å². The fourth-order valence-corrected chi connectivity index (χ4v) is 5.91. The molecule has 0 radical (unpaired) electrons. The maximum atomic E-state index is 2.46. The molecule has 1 aliphatic heterocycles. The van der Waals surface area contributed by atoms with Gasteiger partial charge in [0.25, 0.3) is 0 Å². The summed E-state index contributed by atoms with van der Waals surface area (Å²) in [5, 5.41) is 3.50. The lowest BCUT2D eigenvalue weighted by Crippen LogP contribution is -2.31. The van der Waals surface area contributed by atoms with Crippen molar-refractivity contribution in [2.75, 3.05) is 6.66 Å². The van der Waals surface area contributed by atoms with Gasteiger partial charge in [-0.1, -0.05) is 72.0 Å². The van der Waals surface area contributed by atoms with Crippen molar-refractivity contribution in [3.63, 3.8) is 0 Å². The van der Waals surface area contributed by atoms with Gasteiger partial charge in [-0.15, -0.1) is 0 Å². The second-order valence-corrected chi connectivity index (χ2v) is 9.74. The van der Waals surface area contributed by atoms with E-state index in [0.29, 0.717) is 10.3 Å². The third-order valence-electron chi connectivity index (χ3n) is 4.90. The van der Waals surface area contributed by atoms with E-state index >= 15 is 0 Å². The molecule has 0 fully saturated rings. The molecule has 94 valence electrons. The average Bonchev–Trinajstić information content (AvgIpc) is 2.34. The van der Waals surface area contributed by atoms with Crippen LogP contribution in [0, 0.1) is 0 Å². The first-order chi connectivity index (χ1) is 8.37. The van der Waals surface area contributed by atoms with Crippen LogP contribution in [-0.4, -0.2) is 6.66 Å². The van der Waals surface area contributed by atoms with E-state index in [2.05, 4.69) is 70.8 Å². The molecule has 0 atom stereocenters. The predicted octanol–water partition coefficient (Wildman–Crippen LogP) is 5.44. The Kier molecular flexibility index (Phi) is 2.42. The normalized spacial score (nSPS) is 21.2. The van der Waals surface area contributed by atoms with Crippen LogP contribution in [0.15, 0.2) is 36.4 Å². The van der Waals surface area contributed by atoms with Crippen LogP contribution < -0.4 is 0 Å². The Balaban J connectivity index is 2.52. The van der Waals surface area contributed by atoms with Crippen LogP contribution in [0.5, 0.6) is 0 Å². The molecule has 1 heteroatoms. The fraction of sp³-hybridized carbons (Fsp3) is 0.412. The molecule has 0 aliphatic carbocycles. The summed E-state index contributed by atoms with van der Waals surface area (Å²) in [7, 11) is -0.0906. The SMILES string of the molecule is CP1C(C)(C)c2cccc3cccc(c23)C1(C)C. The highest BCUT2D eigenvalue weighted by Gasteiger charge is 2.44. The summed E-state index contributed by atoms with van der Waals surface area (Å²) in [6, 6.07) is 13.6. The third kappa shape index (κ3) is 1.36. The Morgan fingerprint density at radius 1 is 0.778 bits per heavy atom. The van der Waals surface area contributed by atoms with Gasteiger partial charge in [-0.05, 0) is 28.6 Å². The van der Waals surface area contributed by atoms with E-state index in [0.717, 1.165) is 0 Å². The van der Waals surface area contributed by atoms with Gasteiger partial charge in [0.2, 0.25) is 0 Å². The molecule has 0 aromatic heterocycles. The van der Waals surface area contributed by atoms with Crippen LogP contribution >= 0.6 is 7.92 Å². The van der Waals surface area contributed by atoms with Crippen LogP contribution in [0.2, 0.25) is 0 Å². The molecule has 0 N–H and O–H groups in total. The Morgan fingerprint density at radius 2 is 1.22 bits per heavy atom. The van der Waals surface area contributed by atoms with E-state index < -0.39 is 0 Å². The number of rotatable bonds is 0. The summed E-state index contributed by atoms with van der Waals surface area (Å²) < 4.78 is 0. The van der Waals surface area contributed by atoms with Crippen LogP contribution in [-0.2, 0) is 10.3 Å². The molecular weight excluding hydrogens is 235 g/mol. The van der Waals surface area contributed by atoms with Crippen molar-refractivity contribution in [3.8, 4) is 0 Å². The van der Waals surface area contributed by atoms with Crippen LogP contribution in [0.3, 0.4) is 0 Å². The van der Waals surface area contributed by atoms with E-state index in [-0.39, 0.29) is 7.92 Å². The van der Waals surface area contributed by atoms with Crippen LogP contribution in [0.1, 0.15) is 38.8 Å². The van der Waals surface area contributed by atoms with Gasteiger partial charge in [0, 0.05) is 10.3 Å². The van der Waals surface area contributed by atoms with Gasteiger partial charge in [0.15, 0.2) is 0 Å². The van der Waals surface area contributed by atoms with Gasteiger partial charge < -0.3 is 0 Å². The van der Waals surface area contributed by atoms with Gasteiger partial charge in [-0.2, -0.15) is 0 Å². The molecule has 18 heavy (non-hydrogen) atoms. The monoisotopic (exact) mass is 256 g/mol. The van der Waals surface area contributed by atoms with E-state index in [1.54, 1.807) is 11.1 Å². The number of hydrogen-bond donors (Lipinski definition) is 0. The van der Waals surface area contributed by atoms with Crippen molar-refractivity contribution in [3.05, 3.63) is 47.5 Å². The largest absolute Gasteiger partial charge is 0.0891 e. The Bertz CT molecular complexity index is 572. The smallest absolute Gasteiger partial charge is 0.0110 e. The summed E-state index contributed by atoms with van der Waals surface area (Å²) in [6.07, 6.45) is 0. The molecule has 0 saturated carbocycles. The van der Waals surface area contributed by atoms with Gasteiger partial charge >= 0.3 is 0 Å². The van der Waals surface area contributed by atoms with Crippen molar-refractivity contribution < 1.29 is 0 Å². The summed E-state index contributed by atoms with van der Waals surface area (Å²) in [4.78, 5) is 0. The lowest BCUT2D eigenvalue weighted by atomic mass is 9.87. The number of benzene rings is 2. The molecule has 0 nitrogen and oxygen atoms in total. The molecule has 2 aromatic carbocycles. The number of hydrogen-bond acceptors (Lipinski definition) is 0. The summed E-state index contributed by atoms with van der Waals surface area (Å²) in [5.41, 5.74) is 3.09. The Morgan fingerprint density at radius 3 is 1.67 bits per heavy atom. The molecule has 3 rings (SSSR count). The van der Waals surface area contributed by atoms with Crippen LogP contribution in [0.25, 0.3) is 10.8 Å². The second kappa shape index (κ2) is 3.58. The molecule has 0 unspecified atom stereocenters. The topological polar surface area (TPSA) is 0 Å². The minimum Gasteiger partial charge on any atom is -0.0891 e. The highest BCUT2D eigenvalue weighted by molar-refractivity contribution is 7.59. The summed E-state index contributed by atoms with van der Waals surface area (Å²) in [6.45, 7) is 12.1. The fourth-order valence-electron chi connectivity index (χ4n) is 3.42. The minimum absolute atomic E-state index is 0.0906. The zero-order valence-electron chi connectivity index (χ0n) is 11.9. The van der Waals surface area contributed by atoms with Crippen molar-refractivity contribution in [1.82, 2.24) is 0 Å². The van der Waals surface area contributed by atoms with Gasteiger partial charge in [-0.3, -0.25) is 0 Å². The first-order valence-electron chi connectivity index (χ1n) is 6.63. The van der Waals surface area contributed by atoms with E-state index in [1.807, 2.05) is 0 Å². The molecule has 2 aromatic rings. The van der Waals surface area contributed by atoms with E-state index in [1.165, 1.54) is 10.8 Å². The van der Waals surface area contributed by atoms with Crippen LogP contribution in [0.4, 0.5) is 0 Å². The molecule has 0 amide bonds. The van der Waals surface area contributed by atoms with Gasteiger partial charge in [0.05, 0.1) is 0 Å². The lowest BCUT2D eigenvalue weighted by Gasteiger charge is -2.49. The van der Waals surface area contributed by atoms with E-state index in [4.69, 9.17) is 0 Å². The van der Waals surface area contributed by atoms with Gasteiger partial charge in [0.1, 0.15) is 0 Å². The Labute approximate surface area is 111 Å². The predicted molar refractivity (Wildman–Crippen MR) is 82.8 cm³/mol. The quantitative estimate of drug-likeness (QED) is 0.551. The molecule has 0 spiro atoms. The highest BCUT2D eigenvalue weighted by Crippen LogP contribution is 2.69. The van der Waals surface area contributed by atoms with Crippen molar-refractivity contribution >= 4 is 18.7 Å². The molecule has 1 aliphatic rings. The summed E-state index contributed by atoms with van der Waals surface area (Å²) >= 11 is 0. The van der Waals surface area contributed by atoms with Gasteiger partial charge in [-0.25, -0.2) is 0 Å². The standard InChI is InChI=1S/C17H21P/c1-16(2)13-10-6-8-12-9-7-11-14(15(12)13)17(3,4)18(16)5/h6-11H,1-5H3. The van der Waals surface area contributed by atoms with Crippen molar-refractivity contribution in [1.29, 1.82) is 0 Å². The molecule has 0 bridgehead atoms. The first kappa shape index (κ1) is 12.2. The average molecular weight is 256 g/mol. The van der Waals surface area contributed by atoms with Crippen molar-refractivity contribution in [2.45, 2.75) is 38.0 Å². The zero-order chi connectivity index (χ0) is 13.1. The first-order valence-corrected chi connectivity index (χ1v) is 8.42. The maximum Gasteiger partial charge on any atom is 0.0110 e. The minimum atomic E-state index is -0.0906. The molecular formula is C17H21P. The highest BCUT2D eigenvalue weighted by atomic mass is 31.1. The summed E-state index contributed by atoms with van der Waals surface area (Å²) in [5.74, 6) is 0. The molecule has 0 saturated heterocycles. The zero-order valence-corrected chi connectivity index (χ0v) is 12.8. The third-order valence-corrected chi connectivity index (χ3v) is 8.74. The van der Waals surface area contributed by atoms with E-state index in [9.17, 15) is 0 Å². The second-order valence-electron chi connectivity index (χ2n) is 6.39. The lowest BCUT2D eigenvalue weighted by molar-refractivity contribution is 0.675.